The molecule has 0 bridgehead atoms. The first-order valence-electron chi connectivity index (χ1n) is 5.90. The molecule has 0 saturated heterocycles. The summed E-state index contributed by atoms with van der Waals surface area (Å²) in [4.78, 5) is 0. The lowest BCUT2D eigenvalue weighted by Gasteiger charge is -2.06. The van der Waals surface area contributed by atoms with Crippen LogP contribution >= 0.6 is 0 Å². The van der Waals surface area contributed by atoms with E-state index in [9.17, 15) is 0 Å². The first-order valence-corrected chi connectivity index (χ1v) is 5.90. The van der Waals surface area contributed by atoms with E-state index in [1.807, 2.05) is 19.3 Å². The normalized spacial score (nSPS) is 11.2. The number of hydrogen-bond acceptors (Lipinski definition) is 3. The van der Waals surface area contributed by atoms with Gasteiger partial charge in [0.15, 0.2) is 0 Å². The topological polar surface area (TPSA) is 61.7 Å². The van der Waals surface area contributed by atoms with Gasteiger partial charge in [0.05, 0.1) is 12.1 Å². The second-order valence-corrected chi connectivity index (χ2v) is 4.39. The van der Waals surface area contributed by atoms with Gasteiger partial charge in [0.2, 0.25) is 0 Å². The Morgan fingerprint density at radius 1 is 1.28 bits per heavy atom. The number of hydrogen-bond donors (Lipinski definition) is 1. The zero-order valence-electron chi connectivity index (χ0n) is 10.2. The van der Waals surface area contributed by atoms with Crippen molar-refractivity contribution in [1.82, 2.24) is 19.6 Å². The van der Waals surface area contributed by atoms with E-state index in [1.54, 1.807) is 4.68 Å². The number of rotatable bonds is 3. The molecule has 0 saturated carbocycles. The Hall–Kier alpha value is -2.14. The molecule has 1 aromatic carbocycles. The first kappa shape index (κ1) is 11.0. The number of fused-ring (bicyclic) bond motifs is 1. The quantitative estimate of drug-likeness (QED) is 0.751. The van der Waals surface area contributed by atoms with Crippen LogP contribution in [0.5, 0.6) is 0 Å². The highest BCUT2D eigenvalue weighted by molar-refractivity contribution is 5.83. The Labute approximate surface area is 105 Å². The largest absolute Gasteiger partial charge is 0.341 e. The van der Waals surface area contributed by atoms with Crippen LogP contribution in [-0.4, -0.2) is 19.6 Å². The minimum absolute atomic E-state index is 0.543. The van der Waals surface area contributed by atoms with E-state index < -0.39 is 0 Å². The predicted molar refractivity (Wildman–Crippen MR) is 69.9 cm³/mol. The molecule has 0 amide bonds. The SMILES string of the molecule is Cn1cc(Cn2ccc3cccc(CN)c32)nn1. The van der Waals surface area contributed by atoms with Crippen molar-refractivity contribution in [2.45, 2.75) is 13.1 Å². The third kappa shape index (κ3) is 1.78. The maximum Gasteiger partial charge on any atom is 0.102 e. The molecule has 0 radical (unpaired) electrons. The molecule has 2 heterocycles. The van der Waals surface area contributed by atoms with Crippen LogP contribution in [0.1, 0.15) is 11.3 Å². The standard InChI is InChI=1S/C13H15N5/c1-17-8-12(15-16-17)9-18-6-5-10-3-2-4-11(7-14)13(10)18/h2-6,8H,7,9,14H2,1H3. The van der Waals surface area contributed by atoms with Crippen molar-refractivity contribution in [3.8, 4) is 0 Å². The Bertz CT molecular complexity index is 680. The van der Waals surface area contributed by atoms with Crippen molar-refractivity contribution in [2.24, 2.45) is 12.8 Å². The fraction of sp³-hybridized carbons (Fsp3) is 0.231. The van der Waals surface area contributed by atoms with Crippen molar-refractivity contribution >= 4 is 10.9 Å². The Morgan fingerprint density at radius 2 is 2.17 bits per heavy atom. The molecule has 5 heteroatoms. The number of nitrogens with zero attached hydrogens (tertiary/aromatic N) is 4. The smallest absolute Gasteiger partial charge is 0.102 e. The molecular weight excluding hydrogens is 226 g/mol. The second kappa shape index (κ2) is 4.27. The molecule has 0 unspecified atom stereocenters. The molecule has 0 atom stereocenters. The predicted octanol–water partition coefficient (Wildman–Crippen LogP) is 1.28. The summed E-state index contributed by atoms with van der Waals surface area (Å²) in [7, 11) is 1.87. The Balaban J connectivity index is 2.06. The molecule has 3 rings (SSSR count). The third-order valence-electron chi connectivity index (χ3n) is 3.07. The molecule has 2 N–H and O–H groups in total. The van der Waals surface area contributed by atoms with Crippen LogP contribution in [0.4, 0.5) is 0 Å². The summed E-state index contributed by atoms with van der Waals surface area (Å²) in [5.74, 6) is 0. The number of nitrogens with two attached hydrogens (primary N) is 1. The maximum absolute atomic E-state index is 5.80. The molecule has 0 aliphatic heterocycles. The maximum atomic E-state index is 5.80. The molecule has 2 aromatic heterocycles. The van der Waals surface area contributed by atoms with Crippen LogP contribution in [0.25, 0.3) is 10.9 Å². The lowest BCUT2D eigenvalue weighted by atomic mass is 10.1. The summed E-state index contributed by atoms with van der Waals surface area (Å²) in [6, 6.07) is 8.30. The zero-order valence-corrected chi connectivity index (χ0v) is 10.2. The van der Waals surface area contributed by atoms with Gasteiger partial charge in [-0.1, -0.05) is 23.4 Å². The summed E-state index contributed by atoms with van der Waals surface area (Å²) in [6.07, 6.45) is 4.00. The van der Waals surface area contributed by atoms with Crippen molar-refractivity contribution in [3.63, 3.8) is 0 Å². The third-order valence-corrected chi connectivity index (χ3v) is 3.07. The van der Waals surface area contributed by atoms with Gasteiger partial charge in [0, 0.05) is 26.0 Å². The molecule has 0 aliphatic rings. The summed E-state index contributed by atoms with van der Waals surface area (Å²) in [6.45, 7) is 1.26. The number of aromatic nitrogens is 4. The average Bonchev–Trinajstić information content (AvgIpc) is 2.97. The van der Waals surface area contributed by atoms with Gasteiger partial charge in [-0.2, -0.15) is 0 Å². The van der Waals surface area contributed by atoms with Gasteiger partial charge in [-0.15, -0.1) is 5.10 Å². The van der Waals surface area contributed by atoms with Gasteiger partial charge in [-0.05, 0) is 17.0 Å². The van der Waals surface area contributed by atoms with Crippen molar-refractivity contribution in [2.75, 3.05) is 0 Å². The van der Waals surface area contributed by atoms with Crippen LogP contribution in [0.3, 0.4) is 0 Å². The van der Waals surface area contributed by atoms with E-state index in [4.69, 9.17) is 5.73 Å². The van der Waals surface area contributed by atoms with Gasteiger partial charge in [-0.3, -0.25) is 4.68 Å². The molecule has 0 aliphatic carbocycles. The van der Waals surface area contributed by atoms with Gasteiger partial charge < -0.3 is 10.3 Å². The fourth-order valence-electron chi connectivity index (χ4n) is 2.28. The minimum atomic E-state index is 0.543. The zero-order chi connectivity index (χ0) is 12.5. The molecule has 3 aromatic rings. The van der Waals surface area contributed by atoms with Crippen LogP contribution in [0.2, 0.25) is 0 Å². The van der Waals surface area contributed by atoms with E-state index in [0.29, 0.717) is 13.1 Å². The van der Waals surface area contributed by atoms with Crippen molar-refractivity contribution in [1.29, 1.82) is 0 Å². The highest BCUT2D eigenvalue weighted by atomic mass is 15.4. The molecular formula is C13H15N5. The van der Waals surface area contributed by atoms with Gasteiger partial charge in [0.25, 0.3) is 0 Å². The minimum Gasteiger partial charge on any atom is -0.341 e. The lowest BCUT2D eigenvalue weighted by Crippen LogP contribution is -2.03. The highest BCUT2D eigenvalue weighted by Gasteiger charge is 2.07. The molecule has 5 nitrogen and oxygen atoms in total. The summed E-state index contributed by atoms with van der Waals surface area (Å²) >= 11 is 0. The Morgan fingerprint density at radius 3 is 2.89 bits per heavy atom. The monoisotopic (exact) mass is 241 g/mol. The van der Waals surface area contributed by atoms with Crippen LogP contribution in [0.15, 0.2) is 36.7 Å². The molecule has 18 heavy (non-hydrogen) atoms. The van der Waals surface area contributed by atoms with Crippen LogP contribution in [-0.2, 0) is 20.1 Å². The van der Waals surface area contributed by atoms with Crippen molar-refractivity contribution < 1.29 is 0 Å². The first-order chi connectivity index (χ1) is 8.78. The summed E-state index contributed by atoms with van der Waals surface area (Å²) in [5.41, 5.74) is 9.08. The Kier molecular flexibility index (Phi) is 2.60. The fourth-order valence-corrected chi connectivity index (χ4v) is 2.28. The average molecular weight is 241 g/mol. The number of para-hydroxylation sites is 1. The molecule has 0 spiro atoms. The van der Waals surface area contributed by atoms with Gasteiger partial charge >= 0.3 is 0 Å². The van der Waals surface area contributed by atoms with E-state index in [0.717, 1.165) is 11.3 Å². The second-order valence-electron chi connectivity index (χ2n) is 4.39. The molecule has 0 fully saturated rings. The summed E-state index contributed by atoms with van der Waals surface area (Å²) in [5, 5.41) is 9.27. The number of aryl methyl sites for hydroxylation is 1. The number of benzene rings is 1. The van der Waals surface area contributed by atoms with Gasteiger partial charge in [-0.25, -0.2) is 0 Å². The van der Waals surface area contributed by atoms with Crippen molar-refractivity contribution in [3.05, 3.63) is 47.9 Å². The van der Waals surface area contributed by atoms with E-state index in [2.05, 4.69) is 39.3 Å². The lowest BCUT2D eigenvalue weighted by molar-refractivity contribution is 0.710. The van der Waals surface area contributed by atoms with E-state index in [-0.39, 0.29) is 0 Å². The highest BCUT2D eigenvalue weighted by Crippen LogP contribution is 2.20. The van der Waals surface area contributed by atoms with E-state index in [1.165, 1.54) is 10.9 Å². The van der Waals surface area contributed by atoms with Crippen LogP contribution < -0.4 is 5.73 Å². The van der Waals surface area contributed by atoms with E-state index >= 15 is 0 Å². The molecule has 92 valence electrons. The van der Waals surface area contributed by atoms with Crippen LogP contribution in [0, 0.1) is 0 Å². The summed E-state index contributed by atoms with van der Waals surface area (Å²) < 4.78 is 3.88. The van der Waals surface area contributed by atoms with Gasteiger partial charge in [0.1, 0.15) is 5.69 Å².